The molecule has 0 aliphatic carbocycles. The molecular formula is C21H19N5O3. The summed E-state index contributed by atoms with van der Waals surface area (Å²) in [5, 5.41) is 10.9. The monoisotopic (exact) mass is 389 g/mol. The summed E-state index contributed by atoms with van der Waals surface area (Å²) >= 11 is 0. The van der Waals surface area contributed by atoms with Gasteiger partial charge in [0.05, 0.1) is 36.4 Å². The molecule has 29 heavy (non-hydrogen) atoms. The van der Waals surface area contributed by atoms with Gasteiger partial charge in [-0.15, -0.1) is 0 Å². The summed E-state index contributed by atoms with van der Waals surface area (Å²) in [6, 6.07) is 11.1. The molecule has 3 heterocycles. The van der Waals surface area contributed by atoms with Crippen molar-refractivity contribution in [1.29, 1.82) is 0 Å². The van der Waals surface area contributed by atoms with Crippen molar-refractivity contribution in [3.8, 4) is 17.4 Å². The molecule has 8 heteroatoms. The molecule has 1 aliphatic rings. The normalized spacial score (nSPS) is 16.4. The van der Waals surface area contributed by atoms with E-state index in [0.717, 1.165) is 40.7 Å². The van der Waals surface area contributed by atoms with Gasteiger partial charge in [-0.25, -0.2) is 19.9 Å². The van der Waals surface area contributed by atoms with E-state index in [4.69, 9.17) is 9.47 Å². The molecule has 1 N–H and O–H groups in total. The molecule has 0 saturated carbocycles. The molecule has 1 aliphatic heterocycles. The maximum absolute atomic E-state index is 10.2. The minimum Gasteiger partial charge on any atom is -0.504 e. The highest BCUT2D eigenvalue weighted by Gasteiger charge is 2.27. The lowest BCUT2D eigenvalue weighted by molar-refractivity contribution is 0.216. The van der Waals surface area contributed by atoms with Gasteiger partial charge in [-0.3, -0.25) is 0 Å². The van der Waals surface area contributed by atoms with E-state index in [1.807, 2.05) is 24.3 Å². The fourth-order valence-electron chi connectivity index (χ4n) is 3.66. The van der Waals surface area contributed by atoms with Gasteiger partial charge in [-0.1, -0.05) is 12.1 Å². The van der Waals surface area contributed by atoms with Crippen LogP contribution in [0.15, 0.2) is 48.9 Å². The number of rotatable bonds is 4. The number of phenols is 1. The van der Waals surface area contributed by atoms with E-state index in [0.29, 0.717) is 18.2 Å². The molecule has 2 aromatic heterocycles. The molecule has 0 spiro atoms. The zero-order valence-corrected chi connectivity index (χ0v) is 15.8. The van der Waals surface area contributed by atoms with Gasteiger partial charge in [-0.2, -0.15) is 0 Å². The fourth-order valence-corrected chi connectivity index (χ4v) is 3.66. The molecule has 0 amide bonds. The average Bonchev–Trinajstić information content (AvgIpc) is 3.21. The number of fused-ring (bicyclic) bond motifs is 2. The number of phenolic OH excluding ortho intramolecular Hbond substituents is 1. The van der Waals surface area contributed by atoms with E-state index >= 15 is 0 Å². The van der Waals surface area contributed by atoms with Crippen LogP contribution in [0.5, 0.6) is 17.4 Å². The van der Waals surface area contributed by atoms with Crippen LogP contribution in [0.4, 0.5) is 5.82 Å². The first-order chi connectivity index (χ1) is 14.2. The molecule has 1 saturated heterocycles. The lowest BCUT2D eigenvalue weighted by Gasteiger charge is -2.19. The highest BCUT2D eigenvalue weighted by atomic mass is 16.5. The second-order valence-electron chi connectivity index (χ2n) is 6.91. The first kappa shape index (κ1) is 17.4. The number of hydrogen-bond donors (Lipinski definition) is 1. The lowest BCUT2D eigenvalue weighted by Crippen LogP contribution is -2.25. The molecule has 0 bridgehead atoms. The number of nitrogens with zero attached hydrogens (tertiary/aromatic N) is 5. The van der Waals surface area contributed by atoms with Gasteiger partial charge < -0.3 is 19.5 Å². The van der Waals surface area contributed by atoms with Crippen LogP contribution in [-0.4, -0.2) is 51.3 Å². The molecule has 5 rings (SSSR count). The molecule has 0 radical (unpaired) electrons. The smallest absolute Gasteiger partial charge is 0.233 e. The Labute approximate surface area is 166 Å². The zero-order chi connectivity index (χ0) is 19.8. The van der Waals surface area contributed by atoms with Gasteiger partial charge in [0.15, 0.2) is 11.5 Å². The minimum atomic E-state index is -0.0256. The van der Waals surface area contributed by atoms with E-state index in [1.54, 1.807) is 18.3 Å². The molecule has 2 aromatic carbocycles. The SMILES string of the molecule is COc1cc2ncnc(N3CCC(Oc4cnc5ccccc5n4)C3)c2cc1O. The second-order valence-corrected chi connectivity index (χ2v) is 6.91. The third kappa shape index (κ3) is 3.22. The van der Waals surface area contributed by atoms with E-state index in [9.17, 15) is 5.11 Å². The maximum Gasteiger partial charge on any atom is 0.233 e. The van der Waals surface area contributed by atoms with E-state index in [2.05, 4.69) is 24.8 Å². The van der Waals surface area contributed by atoms with Gasteiger partial charge in [0, 0.05) is 24.4 Å². The predicted molar refractivity (Wildman–Crippen MR) is 109 cm³/mol. The van der Waals surface area contributed by atoms with E-state index < -0.39 is 0 Å². The maximum atomic E-state index is 10.2. The molecule has 1 fully saturated rings. The number of ether oxygens (including phenoxy) is 2. The number of hydrogen-bond acceptors (Lipinski definition) is 8. The highest BCUT2D eigenvalue weighted by Crippen LogP contribution is 2.35. The summed E-state index contributed by atoms with van der Waals surface area (Å²) in [5.41, 5.74) is 2.37. The second kappa shape index (κ2) is 7.05. The summed E-state index contributed by atoms with van der Waals surface area (Å²) in [6.45, 7) is 1.44. The number of anilines is 1. The summed E-state index contributed by atoms with van der Waals surface area (Å²) in [7, 11) is 1.51. The predicted octanol–water partition coefficient (Wildman–Crippen LogP) is 2.94. The quantitative estimate of drug-likeness (QED) is 0.569. The van der Waals surface area contributed by atoms with Crippen LogP contribution in [0.25, 0.3) is 21.9 Å². The molecular weight excluding hydrogens is 370 g/mol. The van der Waals surface area contributed by atoms with Crippen LogP contribution in [0.1, 0.15) is 6.42 Å². The minimum absolute atomic E-state index is 0.0256. The third-order valence-corrected chi connectivity index (χ3v) is 5.07. The zero-order valence-electron chi connectivity index (χ0n) is 15.8. The number of aromatic nitrogens is 4. The Hall–Kier alpha value is -3.68. The van der Waals surface area contributed by atoms with Crippen molar-refractivity contribution in [2.75, 3.05) is 25.1 Å². The summed E-state index contributed by atoms with van der Waals surface area (Å²) in [4.78, 5) is 19.8. The molecule has 4 aromatic rings. The van der Waals surface area contributed by atoms with Crippen LogP contribution < -0.4 is 14.4 Å². The van der Waals surface area contributed by atoms with Gasteiger partial charge >= 0.3 is 0 Å². The number of benzene rings is 2. The van der Waals surface area contributed by atoms with Gasteiger partial charge in [0.25, 0.3) is 0 Å². The van der Waals surface area contributed by atoms with Crippen molar-refractivity contribution in [2.45, 2.75) is 12.5 Å². The van der Waals surface area contributed by atoms with Crippen molar-refractivity contribution in [2.24, 2.45) is 0 Å². The van der Waals surface area contributed by atoms with E-state index in [-0.39, 0.29) is 11.9 Å². The summed E-state index contributed by atoms with van der Waals surface area (Å²) in [6.07, 6.45) is 4.00. The number of para-hydroxylation sites is 2. The number of methoxy groups -OCH3 is 1. The summed E-state index contributed by atoms with van der Waals surface area (Å²) in [5.74, 6) is 1.74. The van der Waals surface area contributed by atoms with Crippen molar-refractivity contribution in [3.05, 3.63) is 48.9 Å². The number of aromatic hydroxyl groups is 1. The molecule has 8 nitrogen and oxygen atoms in total. The van der Waals surface area contributed by atoms with Crippen molar-refractivity contribution < 1.29 is 14.6 Å². The van der Waals surface area contributed by atoms with Crippen molar-refractivity contribution >= 4 is 27.8 Å². The van der Waals surface area contributed by atoms with Crippen LogP contribution in [0, 0.1) is 0 Å². The first-order valence-corrected chi connectivity index (χ1v) is 9.36. The van der Waals surface area contributed by atoms with Crippen LogP contribution in [0.3, 0.4) is 0 Å². The molecule has 1 unspecified atom stereocenters. The van der Waals surface area contributed by atoms with Crippen LogP contribution in [-0.2, 0) is 0 Å². The Morgan fingerprint density at radius 1 is 1.07 bits per heavy atom. The third-order valence-electron chi connectivity index (χ3n) is 5.07. The Balaban J connectivity index is 1.38. The van der Waals surface area contributed by atoms with Gasteiger partial charge in [-0.05, 0) is 18.2 Å². The Morgan fingerprint density at radius 3 is 2.79 bits per heavy atom. The fraction of sp³-hybridized carbons (Fsp3) is 0.238. The van der Waals surface area contributed by atoms with Crippen LogP contribution in [0.2, 0.25) is 0 Å². The first-order valence-electron chi connectivity index (χ1n) is 9.36. The van der Waals surface area contributed by atoms with Crippen LogP contribution >= 0.6 is 0 Å². The lowest BCUT2D eigenvalue weighted by atomic mass is 10.2. The average molecular weight is 389 g/mol. The standard InChI is InChI=1S/C21H19N5O3/c1-28-19-9-17-14(8-18(19)27)21(24-12-23-17)26-7-6-13(11-26)29-20-10-22-15-4-2-3-5-16(15)25-20/h2-5,8-10,12-13,27H,6-7,11H2,1H3. The molecule has 1 atom stereocenters. The Bertz CT molecular complexity index is 1200. The highest BCUT2D eigenvalue weighted by molar-refractivity contribution is 5.92. The Morgan fingerprint density at radius 2 is 1.93 bits per heavy atom. The largest absolute Gasteiger partial charge is 0.504 e. The topological polar surface area (TPSA) is 93.5 Å². The van der Waals surface area contributed by atoms with Gasteiger partial charge in [0.2, 0.25) is 5.88 Å². The Kier molecular flexibility index (Phi) is 4.23. The van der Waals surface area contributed by atoms with Crippen molar-refractivity contribution in [1.82, 2.24) is 19.9 Å². The van der Waals surface area contributed by atoms with Crippen molar-refractivity contribution in [3.63, 3.8) is 0 Å². The van der Waals surface area contributed by atoms with Gasteiger partial charge in [0.1, 0.15) is 18.2 Å². The summed E-state index contributed by atoms with van der Waals surface area (Å²) < 4.78 is 11.3. The van der Waals surface area contributed by atoms with E-state index in [1.165, 1.54) is 13.4 Å². The molecule has 146 valence electrons.